The largest absolute Gasteiger partial charge is 0.387 e. The monoisotopic (exact) mass is 334 g/mol. The summed E-state index contributed by atoms with van der Waals surface area (Å²) in [6.45, 7) is 1.68. The number of carbonyl (C=O) groups is 1. The van der Waals surface area contributed by atoms with Gasteiger partial charge in [0.25, 0.3) is 5.91 Å². The Labute approximate surface area is 136 Å². The number of fused-ring (bicyclic) bond motifs is 1. The molecule has 2 aromatic rings. The highest BCUT2D eigenvalue weighted by Crippen LogP contribution is 2.32. The van der Waals surface area contributed by atoms with E-state index in [2.05, 4.69) is 20.3 Å². The number of nitrogens with one attached hydrogen (secondary N) is 1. The zero-order valence-electron chi connectivity index (χ0n) is 13.0. The van der Waals surface area contributed by atoms with Gasteiger partial charge in [-0.05, 0) is 19.8 Å². The van der Waals surface area contributed by atoms with Crippen molar-refractivity contribution in [3.63, 3.8) is 0 Å². The molecule has 10 heteroatoms. The molecule has 2 fully saturated rings. The Hall–Kier alpha value is -2.30. The predicted octanol–water partition coefficient (Wildman–Crippen LogP) is -1.39. The van der Waals surface area contributed by atoms with Gasteiger partial charge in [-0.15, -0.1) is 0 Å². The second-order valence-electron chi connectivity index (χ2n) is 6.19. The molecule has 2 aromatic heterocycles. The van der Waals surface area contributed by atoms with E-state index in [1.165, 1.54) is 10.9 Å². The van der Waals surface area contributed by atoms with Gasteiger partial charge in [-0.3, -0.25) is 9.36 Å². The second-order valence-corrected chi connectivity index (χ2v) is 6.19. The van der Waals surface area contributed by atoms with Gasteiger partial charge in [0.05, 0.1) is 6.33 Å². The molecule has 1 amide bonds. The Balaban J connectivity index is 1.65. The minimum atomic E-state index is -1.34. The predicted molar refractivity (Wildman–Crippen MR) is 81.6 cm³/mol. The molecule has 1 aliphatic carbocycles. The van der Waals surface area contributed by atoms with E-state index in [0.717, 1.165) is 12.8 Å². The minimum absolute atomic E-state index is 0.133. The number of amides is 1. The van der Waals surface area contributed by atoms with Gasteiger partial charge in [0, 0.05) is 6.04 Å². The fourth-order valence-electron chi connectivity index (χ4n) is 2.85. The SMILES string of the molecule is Cc1nc(N)c2ncn([C@@H]3O[C@H](C(=O)NC4CC4)C(O)C3O)c2n1. The van der Waals surface area contributed by atoms with E-state index in [-0.39, 0.29) is 11.9 Å². The first-order valence-electron chi connectivity index (χ1n) is 7.74. The lowest BCUT2D eigenvalue weighted by Gasteiger charge is -2.16. The quantitative estimate of drug-likeness (QED) is 0.536. The molecule has 10 nitrogen and oxygen atoms in total. The lowest BCUT2D eigenvalue weighted by atomic mass is 10.1. The topological polar surface area (TPSA) is 148 Å². The van der Waals surface area contributed by atoms with Crippen molar-refractivity contribution >= 4 is 22.9 Å². The van der Waals surface area contributed by atoms with Crippen LogP contribution >= 0.6 is 0 Å². The molecule has 24 heavy (non-hydrogen) atoms. The number of imidazole rings is 1. The van der Waals surface area contributed by atoms with Crippen molar-refractivity contribution < 1.29 is 19.7 Å². The molecular formula is C14H18N6O4. The Kier molecular flexibility index (Phi) is 3.41. The molecule has 1 saturated heterocycles. The number of nitrogens with zero attached hydrogens (tertiary/aromatic N) is 4. The van der Waals surface area contributed by atoms with Gasteiger partial charge >= 0.3 is 0 Å². The van der Waals surface area contributed by atoms with E-state index in [0.29, 0.717) is 17.0 Å². The van der Waals surface area contributed by atoms with Crippen LogP contribution in [0.15, 0.2) is 6.33 Å². The highest BCUT2D eigenvalue weighted by atomic mass is 16.6. The maximum Gasteiger partial charge on any atom is 0.252 e. The molecule has 2 aliphatic rings. The molecule has 128 valence electrons. The van der Waals surface area contributed by atoms with E-state index in [4.69, 9.17) is 10.5 Å². The molecular weight excluding hydrogens is 316 g/mol. The number of carbonyl (C=O) groups excluding carboxylic acids is 1. The first-order chi connectivity index (χ1) is 11.5. The maximum absolute atomic E-state index is 12.2. The number of aryl methyl sites for hydroxylation is 1. The molecule has 1 saturated carbocycles. The van der Waals surface area contributed by atoms with Crippen LogP contribution in [0.1, 0.15) is 24.9 Å². The van der Waals surface area contributed by atoms with Gasteiger partial charge in [-0.1, -0.05) is 0 Å². The second kappa shape index (κ2) is 5.36. The number of nitrogen functional groups attached to an aromatic ring is 1. The van der Waals surface area contributed by atoms with E-state index in [9.17, 15) is 15.0 Å². The highest BCUT2D eigenvalue weighted by Gasteiger charge is 2.48. The van der Waals surface area contributed by atoms with Crippen molar-refractivity contribution in [3.05, 3.63) is 12.2 Å². The van der Waals surface area contributed by atoms with Crippen LogP contribution in [0.2, 0.25) is 0 Å². The number of hydrogen-bond acceptors (Lipinski definition) is 8. The average molecular weight is 334 g/mol. The standard InChI is InChI=1S/C14H18N6O4/c1-5-17-11(15)7-12(18-5)20(4-16-7)14-9(22)8(21)10(24-14)13(23)19-6-2-3-6/h4,6,8-10,14,21-22H,2-3H2,1H3,(H,19,23)(H2,15,17,18)/t8?,9?,10-,14+/m0/s1. The Morgan fingerprint density at radius 2 is 2.12 bits per heavy atom. The van der Waals surface area contributed by atoms with Crippen LogP contribution in [0.4, 0.5) is 5.82 Å². The molecule has 0 radical (unpaired) electrons. The number of hydrogen-bond donors (Lipinski definition) is 4. The van der Waals surface area contributed by atoms with Crippen molar-refractivity contribution in [2.24, 2.45) is 0 Å². The highest BCUT2D eigenvalue weighted by molar-refractivity contribution is 5.83. The Morgan fingerprint density at radius 1 is 1.38 bits per heavy atom. The third-order valence-electron chi connectivity index (χ3n) is 4.25. The molecule has 4 rings (SSSR count). The van der Waals surface area contributed by atoms with Crippen LogP contribution in [-0.4, -0.2) is 60.0 Å². The van der Waals surface area contributed by atoms with Crippen molar-refractivity contribution in [1.29, 1.82) is 0 Å². The summed E-state index contributed by atoms with van der Waals surface area (Å²) in [7, 11) is 0. The van der Waals surface area contributed by atoms with E-state index in [1.807, 2.05) is 0 Å². The summed E-state index contributed by atoms with van der Waals surface area (Å²) in [6, 6.07) is 0.133. The van der Waals surface area contributed by atoms with Crippen LogP contribution in [0.3, 0.4) is 0 Å². The van der Waals surface area contributed by atoms with Gasteiger partial charge in [0.1, 0.15) is 23.5 Å². The number of ether oxygens (including phenoxy) is 1. The van der Waals surface area contributed by atoms with Gasteiger partial charge in [0.15, 0.2) is 23.8 Å². The molecule has 1 aliphatic heterocycles. The fourth-order valence-corrected chi connectivity index (χ4v) is 2.85. The summed E-state index contributed by atoms with van der Waals surface area (Å²) in [5.74, 6) is 0.228. The molecule has 3 heterocycles. The van der Waals surface area contributed by atoms with Crippen LogP contribution < -0.4 is 11.1 Å². The molecule has 0 aromatic carbocycles. The molecule has 0 bridgehead atoms. The van der Waals surface area contributed by atoms with Gasteiger partial charge in [0.2, 0.25) is 0 Å². The molecule has 0 spiro atoms. The number of aromatic nitrogens is 4. The number of anilines is 1. The lowest BCUT2D eigenvalue weighted by Crippen LogP contribution is -2.43. The van der Waals surface area contributed by atoms with Crippen LogP contribution in [0.25, 0.3) is 11.2 Å². The Morgan fingerprint density at radius 3 is 2.83 bits per heavy atom. The van der Waals surface area contributed by atoms with Crippen molar-refractivity contribution in [2.45, 2.75) is 50.3 Å². The van der Waals surface area contributed by atoms with E-state index < -0.39 is 30.4 Å². The zero-order chi connectivity index (χ0) is 17.0. The maximum atomic E-state index is 12.2. The lowest BCUT2D eigenvalue weighted by molar-refractivity contribution is -0.137. The van der Waals surface area contributed by atoms with E-state index in [1.54, 1.807) is 6.92 Å². The van der Waals surface area contributed by atoms with Crippen LogP contribution in [-0.2, 0) is 9.53 Å². The zero-order valence-corrected chi connectivity index (χ0v) is 13.0. The number of aliphatic hydroxyl groups is 2. The van der Waals surface area contributed by atoms with Crippen molar-refractivity contribution in [3.8, 4) is 0 Å². The van der Waals surface area contributed by atoms with Gasteiger partial charge in [-0.25, -0.2) is 15.0 Å². The van der Waals surface area contributed by atoms with Crippen LogP contribution in [0, 0.1) is 6.92 Å². The summed E-state index contributed by atoms with van der Waals surface area (Å²) in [5.41, 5.74) is 6.57. The van der Waals surface area contributed by atoms with Crippen molar-refractivity contribution in [1.82, 2.24) is 24.8 Å². The number of rotatable bonds is 3. The van der Waals surface area contributed by atoms with Crippen molar-refractivity contribution in [2.75, 3.05) is 5.73 Å². The minimum Gasteiger partial charge on any atom is -0.387 e. The third-order valence-corrected chi connectivity index (χ3v) is 4.25. The first kappa shape index (κ1) is 15.2. The van der Waals surface area contributed by atoms with Gasteiger partial charge in [-0.2, -0.15) is 0 Å². The molecule has 2 unspecified atom stereocenters. The molecule has 5 N–H and O–H groups in total. The van der Waals surface area contributed by atoms with E-state index >= 15 is 0 Å². The fraction of sp³-hybridized carbons (Fsp3) is 0.571. The Bertz CT molecular complexity index is 804. The van der Waals surface area contributed by atoms with Crippen LogP contribution in [0.5, 0.6) is 0 Å². The summed E-state index contributed by atoms with van der Waals surface area (Å²) in [5, 5.41) is 23.3. The van der Waals surface area contributed by atoms with Gasteiger partial charge < -0.3 is 26.0 Å². The first-order valence-corrected chi connectivity index (χ1v) is 7.74. The molecule has 4 atom stereocenters. The summed E-state index contributed by atoms with van der Waals surface area (Å²) in [4.78, 5) is 24.6. The number of aliphatic hydroxyl groups excluding tert-OH is 2. The average Bonchev–Trinajstić information content (AvgIpc) is 3.16. The summed E-state index contributed by atoms with van der Waals surface area (Å²) < 4.78 is 7.08. The normalized spacial score (nSPS) is 30.0. The number of nitrogens with two attached hydrogens (primary N) is 1. The smallest absolute Gasteiger partial charge is 0.252 e. The summed E-state index contributed by atoms with van der Waals surface area (Å²) in [6.07, 6.45) is -1.54. The third kappa shape index (κ3) is 2.39. The summed E-state index contributed by atoms with van der Waals surface area (Å²) >= 11 is 0.